The van der Waals surface area contributed by atoms with Crippen molar-refractivity contribution in [2.75, 3.05) is 13.2 Å². The predicted molar refractivity (Wildman–Crippen MR) is 99.0 cm³/mol. The van der Waals surface area contributed by atoms with Crippen LogP contribution in [-0.4, -0.2) is 29.3 Å². The highest BCUT2D eigenvalue weighted by atomic mass is 35.5. The lowest BCUT2D eigenvalue weighted by atomic mass is 10.1. The van der Waals surface area contributed by atoms with Gasteiger partial charge in [-0.2, -0.15) is 0 Å². The smallest absolute Gasteiger partial charge is 0.257 e. The molecule has 2 aromatic rings. The van der Waals surface area contributed by atoms with E-state index < -0.39 is 5.82 Å². The summed E-state index contributed by atoms with van der Waals surface area (Å²) in [5.74, 6) is 1.27. The van der Waals surface area contributed by atoms with Crippen LogP contribution in [0.2, 0.25) is 5.02 Å². The van der Waals surface area contributed by atoms with Crippen molar-refractivity contribution >= 4 is 23.1 Å². The van der Waals surface area contributed by atoms with E-state index in [1.807, 2.05) is 0 Å². The molecule has 0 radical (unpaired) electrons. The van der Waals surface area contributed by atoms with Crippen LogP contribution in [0, 0.1) is 11.7 Å². The van der Waals surface area contributed by atoms with Gasteiger partial charge in [-0.3, -0.25) is 4.79 Å². The van der Waals surface area contributed by atoms with E-state index in [0.29, 0.717) is 36.2 Å². The fourth-order valence-corrected chi connectivity index (χ4v) is 2.70. The van der Waals surface area contributed by atoms with Gasteiger partial charge in [0.25, 0.3) is 5.91 Å². The molecule has 1 aromatic heterocycles. The van der Waals surface area contributed by atoms with E-state index in [2.05, 4.69) is 29.0 Å². The third-order valence-corrected chi connectivity index (χ3v) is 4.78. The van der Waals surface area contributed by atoms with E-state index in [4.69, 9.17) is 20.8 Å². The van der Waals surface area contributed by atoms with Crippen LogP contribution in [0.15, 0.2) is 29.2 Å². The van der Waals surface area contributed by atoms with E-state index in [1.165, 1.54) is 25.0 Å². The molecule has 0 saturated heterocycles. The van der Waals surface area contributed by atoms with E-state index >= 15 is 0 Å². The Morgan fingerprint density at radius 2 is 2.26 bits per heavy atom. The molecule has 144 valence electrons. The molecule has 1 aliphatic carbocycles. The van der Waals surface area contributed by atoms with Crippen molar-refractivity contribution in [3.63, 3.8) is 0 Å². The Labute approximate surface area is 161 Å². The number of benzene rings is 1. The lowest BCUT2D eigenvalue weighted by Gasteiger charge is -2.08. The third kappa shape index (κ3) is 5.29. The number of nitrogens with one attached hydrogen (secondary N) is 1. The summed E-state index contributed by atoms with van der Waals surface area (Å²) in [6.07, 6.45) is 2.88. The number of aromatic nitrogens is 2. The van der Waals surface area contributed by atoms with Gasteiger partial charge >= 0.3 is 0 Å². The van der Waals surface area contributed by atoms with Crippen LogP contribution < -0.4 is 10.1 Å². The predicted octanol–water partition coefficient (Wildman–Crippen LogP) is 3.97. The fraction of sp³-hybridized carbons (Fsp3) is 0.421. The molecule has 6 nitrogen and oxygen atoms in total. The third-order valence-electron chi connectivity index (χ3n) is 4.47. The highest BCUT2D eigenvalue weighted by molar-refractivity contribution is 6.30. The highest BCUT2D eigenvalue weighted by Gasteiger charge is 2.32. The van der Waals surface area contributed by atoms with Crippen molar-refractivity contribution in [3.8, 4) is 5.75 Å². The number of carbonyl (C=O) groups is 1. The van der Waals surface area contributed by atoms with Gasteiger partial charge in [-0.15, -0.1) is 10.2 Å². The Hall–Kier alpha value is -2.41. The van der Waals surface area contributed by atoms with Crippen LogP contribution in [0.4, 0.5) is 4.39 Å². The largest absolute Gasteiger partial charge is 0.484 e. The van der Waals surface area contributed by atoms with Gasteiger partial charge in [-0.05, 0) is 37.3 Å². The second-order valence-electron chi connectivity index (χ2n) is 6.64. The first-order valence-electron chi connectivity index (χ1n) is 8.80. The zero-order valence-corrected chi connectivity index (χ0v) is 15.8. The molecule has 1 atom stereocenters. The standard InChI is InChI=1S/C19H21ClFN3O3/c1-11(18-23-24-19(27-18)12(2)13-3-4-13)7-8-22-17(25)10-26-14-5-6-15(20)16(21)9-14/h5-6,9,12-13H,1,3-4,7-8,10H2,2H3,(H,22,25)/t12-/m0/s1. The zero-order chi connectivity index (χ0) is 19.4. The molecule has 8 heteroatoms. The summed E-state index contributed by atoms with van der Waals surface area (Å²) < 4.78 is 24.2. The number of nitrogens with zero attached hydrogens (tertiary/aromatic N) is 2. The Bertz CT molecular complexity index is 835. The molecular weight excluding hydrogens is 373 g/mol. The number of amides is 1. The molecule has 1 aromatic carbocycles. The van der Waals surface area contributed by atoms with Gasteiger partial charge in [0.1, 0.15) is 11.6 Å². The minimum atomic E-state index is -0.596. The minimum absolute atomic E-state index is 0.000946. The Morgan fingerprint density at radius 1 is 1.48 bits per heavy atom. The van der Waals surface area contributed by atoms with Crippen molar-refractivity contribution < 1.29 is 18.3 Å². The lowest BCUT2D eigenvalue weighted by molar-refractivity contribution is -0.123. The van der Waals surface area contributed by atoms with Crippen LogP contribution >= 0.6 is 11.6 Å². The lowest BCUT2D eigenvalue weighted by Crippen LogP contribution is -2.29. The second-order valence-corrected chi connectivity index (χ2v) is 7.05. The van der Waals surface area contributed by atoms with Crippen molar-refractivity contribution in [2.45, 2.75) is 32.1 Å². The molecule has 1 amide bonds. The summed E-state index contributed by atoms with van der Waals surface area (Å²) in [6.45, 7) is 6.15. The maximum atomic E-state index is 13.3. The molecule has 1 fully saturated rings. The molecule has 1 N–H and O–H groups in total. The van der Waals surface area contributed by atoms with Crippen molar-refractivity contribution in [1.82, 2.24) is 15.5 Å². The average Bonchev–Trinajstić information content (AvgIpc) is 3.38. The summed E-state index contributed by atoms with van der Waals surface area (Å²) in [4.78, 5) is 11.8. The summed E-state index contributed by atoms with van der Waals surface area (Å²) in [7, 11) is 0. The van der Waals surface area contributed by atoms with Crippen LogP contribution in [0.3, 0.4) is 0 Å². The average molecular weight is 394 g/mol. The topological polar surface area (TPSA) is 77.2 Å². The van der Waals surface area contributed by atoms with E-state index in [9.17, 15) is 9.18 Å². The van der Waals surface area contributed by atoms with Gasteiger partial charge in [-0.25, -0.2) is 4.39 Å². The normalized spacial score (nSPS) is 14.6. The molecule has 0 aliphatic heterocycles. The molecule has 1 saturated carbocycles. The first-order chi connectivity index (χ1) is 12.9. The number of rotatable bonds is 9. The Kier molecular flexibility index (Phi) is 6.11. The molecule has 0 spiro atoms. The summed E-state index contributed by atoms with van der Waals surface area (Å²) >= 11 is 5.59. The summed E-state index contributed by atoms with van der Waals surface area (Å²) in [5, 5.41) is 10.8. The van der Waals surface area contributed by atoms with Gasteiger partial charge < -0.3 is 14.5 Å². The Morgan fingerprint density at radius 3 is 2.96 bits per heavy atom. The number of ether oxygens (including phenoxy) is 1. The minimum Gasteiger partial charge on any atom is -0.484 e. The molecule has 0 bridgehead atoms. The number of hydrogen-bond donors (Lipinski definition) is 1. The van der Waals surface area contributed by atoms with Crippen LogP contribution in [0.25, 0.3) is 5.57 Å². The number of carbonyl (C=O) groups excluding carboxylic acids is 1. The van der Waals surface area contributed by atoms with Crippen molar-refractivity contribution in [1.29, 1.82) is 0 Å². The number of halogens is 2. The molecular formula is C19H21ClFN3O3. The summed E-state index contributed by atoms with van der Waals surface area (Å²) in [6, 6.07) is 4.00. The Balaban J connectivity index is 1.39. The first-order valence-corrected chi connectivity index (χ1v) is 9.18. The SMILES string of the molecule is C=C(CCNC(=O)COc1ccc(Cl)c(F)c1)c1nnc([C@@H](C)C2CC2)o1. The van der Waals surface area contributed by atoms with Gasteiger partial charge in [0.2, 0.25) is 11.8 Å². The maximum absolute atomic E-state index is 13.3. The van der Waals surface area contributed by atoms with Crippen LogP contribution in [-0.2, 0) is 4.79 Å². The van der Waals surface area contributed by atoms with E-state index in [-0.39, 0.29) is 29.2 Å². The van der Waals surface area contributed by atoms with Crippen LogP contribution in [0.1, 0.15) is 43.9 Å². The maximum Gasteiger partial charge on any atom is 0.257 e. The molecule has 27 heavy (non-hydrogen) atoms. The fourth-order valence-electron chi connectivity index (χ4n) is 2.59. The van der Waals surface area contributed by atoms with Crippen molar-refractivity contribution in [2.24, 2.45) is 5.92 Å². The second kappa shape index (κ2) is 8.52. The van der Waals surface area contributed by atoms with Gasteiger partial charge in [0.15, 0.2) is 6.61 Å². The van der Waals surface area contributed by atoms with Gasteiger partial charge in [0.05, 0.1) is 5.02 Å². The number of hydrogen-bond acceptors (Lipinski definition) is 5. The van der Waals surface area contributed by atoms with E-state index in [0.717, 1.165) is 6.07 Å². The molecule has 0 unspecified atom stereocenters. The van der Waals surface area contributed by atoms with Gasteiger partial charge in [0, 0.05) is 24.1 Å². The summed E-state index contributed by atoms with van der Waals surface area (Å²) in [5.41, 5.74) is 0.665. The van der Waals surface area contributed by atoms with E-state index in [1.54, 1.807) is 0 Å². The van der Waals surface area contributed by atoms with Crippen molar-refractivity contribution in [3.05, 3.63) is 47.4 Å². The first kappa shape index (κ1) is 19.4. The zero-order valence-electron chi connectivity index (χ0n) is 15.0. The van der Waals surface area contributed by atoms with Gasteiger partial charge in [-0.1, -0.05) is 25.1 Å². The van der Waals surface area contributed by atoms with Crippen LogP contribution in [0.5, 0.6) is 5.75 Å². The quantitative estimate of drug-likeness (QED) is 0.697. The molecule has 1 aliphatic rings. The molecule has 1 heterocycles. The highest BCUT2D eigenvalue weighted by Crippen LogP contribution is 2.41. The molecule has 3 rings (SSSR count). The monoisotopic (exact) mass is 393 g/mol.